The normalized spacial score (nSPS) is 18.8. The Morgan fingerprint density at radius 1 is 1.35 bits per heavy atom. The minimum atomic E-state index is -3.51. The predicted octanol–water partition coefficient (Wildman–Crippen LogP) is 0.701. The van der Waals surface area contributed by atoms with Gasteiger partial charge in [-0.1, -0.05) is 0 Å². The van der Waals surface area contributed by atoms with E-state index in [1.165, 1.54) is 10.4 Å². The molecule has 0 aromatic carbocycles. The number of hydrogen-bond donors (Lipinski definition) is 1. The van der Waals surface area contributed by atoms with Gasteiger partial charge < -0.3 is 15.1 Å². The van der Waals surface area contributed by atoms with Gasteiger partial charge in [0.05, 0.1) is 6.54 Å². The number of nitrogens with zero attached hydrogens (tertiary/aromatic N) is 2. The first-order chi connectivity index (χ1) is 9.43. The molecule has 2 rings (SSSR count). The molecule has 0 spiro atoms. The van der Waals surface area contributed by atoms with Crippen LogP contribution in [-0.2, 0) is 16.6 Å². The summed E-state index contributed by atoms with van der Waals surface area (Å²) >= 11 is 0. The Morgan fingerprint density at radius 3 is 2.50 bits per heavy atom. The summed E-state index contributed by atoms with van der Waals surface area (Å²) in [6.07, 6.45) is 1.78. The quantitative estimate of drug-likeness (QED) is 0.866. The molecule has 1 aliphatic heterocycles. The number of piperidine rings is 1. The molecule has 0 bridgehead atoms. The van der Waals surface area contributed by atoms with E-state index in [0.29, 0.717) is 24.8 Å². The van der Waals surface area contributed by atoms with Crippen molar-refractivity contribution in [2.45, 2.75) is 24.5 Å². The van der Waals surface area contributed by atoms with E-state index in [1.807, 2.05) is 14.1 Å². The van der Waals surface area contributed by atoms with Gasteiger partial charge in [0, 0.05) is 19.6 Å². The van der Waals surface area contributed by atoms with Crippen LogP contribution in [0.1, 0.15) is 18.6 Å². The topological polar surface area (TPSA) is 79.8 Å². The van der Waals surface area contributed by atoms with E-state index in [0.717, 1.165) is 19.4 Å². The highest BCUT2D eigenvalue weighted by molar-refractivity contribution is 7.89. The van der Waals surface area contributed by atoms with Crippen LogP contribution in [0.4, 0.5) is 0 Å². The minimum Gasteiger partial charge on any atom is -0.447 e. The van der Waals surface area contributed by atoms with Gasteiger partial charge >= 0.3 is 0 Å². The van der Waals surface area contributed by atoms with E-state index in [4.69, 9.17) is 10.2 Å². The van der Waals surface area contributed by atoms with Crippen LogP contribution in [0.25, 0.3) is 0 Å². The highest BCUT2D eigenvalue weighted by Gasteiger charge is 2.31. The zero-order valence-electron chi connectivity index (χ0n) is 12.1. The third-order valence-electron chi connectivity index (χ3n) is 3.63. The van der Waals surface area contributed by atoms with E-state index in [-0.39, 0.29) is 11.6 Å². The summed E-state index contributed by atoms with van der Waals surface area (Å²) in [6, 6.07) is 3.11. The number of nitrogens with two attached hydrogens (primary N) is 1. The van der Waals surface area contributed by atoms with Gasteiger partial charge in [-0.15, -0.1) is 0 Å². The fourth-order valence-electron chi connectivity index (χ4n) is 2.58. The molecule has 20 heavy (non-hydrogen) atoms. The molecule has 0 aliphatic carbocycles. The number of rotatable bonds is 5. The summed E-state index contributed by atoms with van der Waals surface area (Å²) in [7, 11) is 0.578. The Morgan fingerprint density at radius 2 is 2.00 bits per heavy atom. The average Bonchev–Trinajstić information content (AvgIpc) is 2.88. The second-order valence-electron chi connectivity index (χ2n) is 5.53. The second-order valence-corrected chi connectivity index (χ2v) is 7.40. The van der Waals surface area contributed by atoms with Crippen molar-refractivity contribution in [2.24, 2.45) is 11.7 Å². The van der Waals surface area contributed by atoms with Crippen molar-refractivity contribution < 1.29 is 12.8 Å². The molecular weight excluding hydrogens is 278 g/mol. The first kappa shape index (κ1) is 15.5. The minimum absolute atomic E-state index is 0.00371. The maximum absolute atomic E-state index is 12.4. The van der Waals surface area contributed by atoms with Crippen LogP contribution in [0.2, 0.25) is 0 Å². The average molecular weight is 301 g/mol. The standard InChI is InChI=1S/C13H23N3O3S/c1-15(2)10-11-5-7-16(8-6-11)20(17,18)13-4-3-12(9-14)19-13/h3-4,11H,5-10,14H2,1-2H3. The van der Waals surface area contributed by atoms with Gasteiger partial charge in [-0.3, -0.25) is 0 Å². The van der Waals surface area contributed by atoms with Gasteiger partial charge in [0.1, 0.15) is 5.76 Å². The van der Waals surface area contributed by atoms with Crippen LogP contribution in [-0.4, -0.2) is 51.4 Å². The van der Waals surface area contributed by atoms with Crippen LogP contribution in [0.5, 0.6) is 0 Å². The van der Waals surface area contributed by atoms with E-state index >= 15 is 0 Å². The van der Waals surface area contributed by atoms with E-state index in [1.54, 1.807) is 6.07 Å². The van der Waals surface area contributed by atoms with Gasteiger partial charge in [0.15, 0.2) is 0 Å². The van der Waals surface area contributed by atoms with Crippen molar-refractivity contribution >= 4 is 10.0 Å². The Kier molecular flexibility index (Phi) is 4.85. The van der Waals surface area contributed by atoms with Gasteiger partial charge in [-0.2, -0.15) is 4.31 Å². The molecule has 2 N–H and O–H groups in total. The monoisotopic (exact) mass is 301 g/mol. The molecular formula is C13H23N3O3S. The molecule has 7 heteroatoms. The molecule has 0 radical (unpaired) electrons. The van der Waals surface area contributed by atoms with E-state index in [2.05, 4.69) is 4.90 Å². The summed E-state index contributed by atoms with van der Waals surface area (Å²) in [5.41, 5.74) is 5.44. The van der Waals surface area contributed by atoms with Crippen molar-refractivity contribution in [3.05, 3.63) is 17.9 Å². The molecule has 0 unspecified atom stereocenters. The summed E-state index contributed by atoms with van der Waals surface area (Å²) in [5, 5.41) is 0.00371. The van der Waals surface area contributed by atoms with Crippen molar-refractivity contribution in [3.8, 4) is 0 Å². The lowest BCUT2D eigenvalue weighted by molar-refractivity contribution is 0.222. The molecule has 2 heterocycles. The van der Waals surface area contributed by atoms with Crippen molar-refractivity contribution in [1.29, 1.82) is 0 Å². The van der Waals surface area contributed by atoms with Crippen LogP contribution < -0.4 is 5.73 Å². The number of hydrogen-bond acceptors (Lipinski definition) is 5. The lowest BCUT2D eigenvalue weighted by Gasteiger charge is -2.31. The molecule has 0 saturated carbocycles. The van der Waals surface area contributed by atoms with Crippen LogP contribution in [0.3, 0.4) is 0 Å². The van der Waals surface area contributed by atoms with Crippen molar-refractivity contribution in [1.82, 2.24) is 9.21 Å². The second kappa shape index (κ2) is 6.26. The van der Waals surface area contributed by atoms with Crippen molar-refractivity contribution in [3.63, 3.8) is 0 Å². The first-order valence-corrected chi connectivity index (χ1v) is 8.31. The Labute approximate surface area is 120 Å². The van der Waals surface area contributed by atoms with Crippen molar-refractivity contribution in [2.75, 3.05) is 33.7 Å². The number of sulfonamides is 1. The molecule has 1 saturated heterocycles. The molecule has 0 atom stereocenters. The zero-order chi connectivity index (χ0) is 14.8. The lowest BCUT2D eigenvalue weighted by Crippen LogP contribution is -2.40. The molecule has 1 aliphatic rings. The Hall–Kier alpha value is -0.890. The fourth-order valence-corrected chi connectivity index (χ4v) is 3.98. The lowest BCUT2D eigenvalue weighted by atomic mass is 9.98. The Balaban J connectivity index is 2.02. The molecule has 0 amide bonds. The summed E-state index contributed by atoms with van der Waals surface area (Å²) in [4.78, 5) is 2.15. The van der Waals surface area contributed by atoms with Gasteiger partial charge in [0.25, 0.3) is 10.0 Å². The smallest absolute Gasteiger partial charge is 0.276 e. The first-order valence-electron chi connectivity index (χ1n) is 6.87. The van der Waals surface area contributed by atoms with Crippen LogP contribution >= 0.6 is 0 Å². The molecule has 114 valence electrons. The predicted molar refractivity (Wildman–Crippen MR) is 76.6 cm³/mol. The molecule has 1 aromatic rings. The molecule has 6 nitrogen and oxygen atoms in total. The third-order valence-corrected chi connectivity index (χ3v) is 5.40. The highest BCUT2D eigenvalue weighted by Crippen LogP contribution is 2.25. The molecule has 1 fully saturated rings. The van der Waals surface area contributed by atoms with Crippen LogP contribution in [0.15, 0.2) is 21.6 Å². The summed E-state index contributed by atoms with van der Waals surface area (Å²) < 4.78 is 31.6. The van der Waals surface area contributed by atoms with E-state index < -0.39 is 10.0 Å². The maximum atomic E-state index is 12.4. The molecule has 1 aromatic heterocycles. The van der Waals surface area contributed by atoms with E-state index in [9.17, 15) is 8.42 Å². The Bertz CT molecular complexity index is 531. The van der Waals surface area contributed by atoms with Gasteiger partial charge in [-0.05, 0) is 45.0 Å². The largest absolute Gasteiger partial charge is 0.447 e. The fraction of sp³-hybridized carbons (Fsp3) is 0.692. The highest BCUT2D eigenvalue weighted by atomic mass is 32.2. The van der Waals surface area contributed by atoms with Crippen LogP contribution in [0, 0.1) is 5.92 Å². The maximum Gasteiger partial charge on any atom is 0.276 e. The number of furan rings is 1. The SMILES string of the molecule is CN(C)CC1CCN(S(=O)(=O)c2ccc(CN)o2)CC1. The summed E-state index contributed by atoms with van der Waals surface area (Å²) in [6.45, 7) is 2.32. The zero-order valence-corrected chi connectivity index (χ0v) is 12.9. The third kappa shape index (κ3) is 3.41. The van der Waals surface area contributed by atoms with Gasteiger partial charge in [-0.25, -0.2) is 8.42 Å². The van der Waals surface area contributed by atoms with Gasteiger partial charge in [0.2, 0.25) is 5.09 Å². The summed E-state index contributed by atoms with van der Waals surface area (Å²) in [5.74, 6) is 1.05.